The summed E-state index contributed by atoms with van der Waals surface area (Å²) in [5.41, 5.74) is 1.08. The number of aromatic amines is 1. The first-order chi connectivity index (χ1) is 8.22. The molecule has 0 spiro atoms. The molecule has 1 aromatic heterocycles. The van der Waals surface area contributed by atoms with E-state index < -0.39 is 4.92 Å². The standard InChI is InChI=1S/C11H9N3O3/c15-4-2-1-3-8-5-10-9(7-12-13-10)11(6-8)14(16)17/h5-7,15H,2,4H2,(H,12,13). The third kappa shape index (κ3) is 2.24. The number of nitrogens with one attached hydrogen (secondary N) is 1. The number of benzene rings is 1. The minimum atomic E-state index is -0.463. The van der Waals surface area contributed by atoms with Crippen LogP contribution in [0.1, 0.15) is 12.0 Å². The van der Waals surface area contributed by atoms with Crippen molar-refractivity contribution in [1.82, 2.24) is 10.2 Å². The van der Waals surface area contributed by atoms with Crippen LogP contribution in [0.3, 0.4) is 0 Å². The molecule has 0 saturated carbocycles. The van der Waals surface area contributed by atoms with E-state index in [1.54, 1.807) is 6.07 Å². The maximum Gasteiger partial charge on any atom is 0.281 e. The number of H-pyrrole nitrogens is 1. The molecule has 0 aliphatic heterocycles. The average molecular weight is 231 g/mol. The van der Waals surface area contributed by atoms with Gasteiger partial charge in [0.15, 0.2) is 0 Å². The van der Waals surface area contributed by atoms with Crippen LogP contribution in [0.25, 0.3) is 10.9 Å². The van der Waals surface area contributed by atoms with E-state index in [2.05, 4.69) is 22.0 Å². The van der Waals surface area contributed by atoms with Gasteiger partial charge in [0.25, 0.3) is 5.69 Å². The molecule has 0 bridgehead atoms. The normalized spacial score (nSPS) is 9.94. The van der Waals surface area contributed by atoms with E-state index in [0.717, 1.165) is 0 Å². The minimum Gasteiger partial charge on any atom is -0.395 e. The van der Waals surface area contributed by atoms with Crippen LogP contribution in [0.4, 0.5) is 5.69 Å². The topological polar surface area (TPSA) is 92.0 Å². The molecule has 6 heteroatoms. The molecule has 6 nitrogen and oxygen atoms in total. The van der Waals surface area contributed by atoms with Crippen molar-refractivity contribution in [2.75, 3.05) is 6.61 Å². The number of rotatable bonds is 2. The fourth-order valence-corrected chi connectivity index (χ4v) is 1.48. The van der Waals surface area contributed by atoms with E-state index in [1.807, 2.05) is 0 Å². The van der Waals surface area contributed by atoms with Crippen LogP contribution in [0.15, 0.2) is 18.3 Å². The van der Waals surface area contributed by atoms with Gasteiger partial charge in [-0.25, -0.2) is 0 Å². The monoisotopic (exact) mass is 231 g/mol. The highest BCUT2D eigenvalue weighted by Crippen LogP contribution is 2.25. The quantitative estimate of drug-likeness (QED) is 0.461. The second-order valence-corrected chi connectivity index (χ2v) is 3.36. The van der Waals surface area contributed by atoms with Crippen molar-refractivity contribution in [3.05, 3.63) is 34.0 Å². The smallest absolute Gasteiger partial charge is 0.281 e. The van der Waals surface area contributed by atoms with Gasteiger partial charge in [-0.15, -0.1) is 0 Å². The summed E-state index contributed by atoms with van der Waals surface area (Å²) in [6.45, 7) is -0.0264. The molecular weight excluding hydrogens is 222 g/mol. The summed E-state index contributed by atoms with van der Waals surface area (Å²) >= 11 is 0. The number of nitro benzene ring substituents is 1. The minimum absolute atomic E-state index is 0.0236. The van der Waals surface area contributed by atoms with E-state index in [0.29, 0.717) is 22.9 Å². The molecule has 0 aliphatic rings. The van der Waals surface area contributed by atoms with Crippen molar-refractivity contribution in [2.45, 2.75) is 6.42 Å². The van der Waals surface area contributed by atoms with E-state index in [1.165, 1.54) is 12.3 Å². The zero-order valence-corrected chi connectivity index (χ0v) is 8.80. The van der Waals surface area contributed by atoms with Gasteiger partial charge >= 0.3 is 0 Å². The molecule has 86 valence electrons. The Morgan fingerprint density at radius 3 is 3.06 bits per heavy atom. The number of aromatic nitrogens is 2. The highest BCUT2D eigenvalue weighted by atomic mass is 16.6. The summed E-state index contributed by atoms with van der Waals surface area (Å²) in [4.78, 5) is 10.4. The van der Waals surface area contributed by atoms with Crippen molar-refractivity contribution in [3.8, 4) is 11.8 Å². The molecule has 2 aromatic rings. The van der Waals surface area contributed by atoms with Gasteiger partial charge in [0.1, 0.15) is 0 Å². The number of aliphatic hydroxyl groups is 1. The first-order valence-corrected chi connectivity index (χ1v) is 4.93. The molecule has 0 unspecified atom stereocenters. The Hall–Kier alpha value is -2.39. The summed E-state index contributed by atoms with van der Waals surface area (Å²) in [5.74, 6) is 5.48. The molecule has 0 amide bonds. The second-order valence-electron chi connectivity index (χ2n) is 3.36. The second kappa shape index (κ2) is 4.63. The van der Waals surface area contributed by atoms with E-state index >= 15 is 0 Å². The van der Waals surface area contributed by atoms with Crippen molar-refractivity contribution in [3.63, 3.8) is 0 Å². The number of hydrogen-bond donors (Lipinski definition) is 2. The highest BCUT2D eigenvalue weighted by Gasteiger charge is 2.14. The molecule has 0 aliphatic carbocycles. The Balaban J connectivity index is 2.52. The van der Waals surface area contributed by atoms with Crippen LogP contribution in [-0.4, -0.2) is 26.8 Å². The summed E-state index contributed by atoms with van der Waals surface area (Å²) in [5, 5.41) is 26.4. The number of hydrogen-bond acceptors (Lipinski definition) is 4. The Morgan fingerprint density at radius 2 is 2.35 bits per heavy atom. The SMILES string of the molecule is O=[N+]([O-])c1cc(C#CCCO)cc2[nH]ncc12. The molecule has 0 atom stereocenters. The van der Waals surface area contributed by atoms with Crippen LogP contribution in [-0.2, 0) is 0 Å². The highest BCUT2D eigenvalue weighted by molar-refractivity contribution is 5.88. The number of non-ortho nitro benzene ring substituents is 1. The predicted molar refractivity (Wildman–Crippen MR) is 61.3 cm³/mol. The molecule has 0 saturated heterocycles. The molecule has 2 rings (SSSR count). The maximum atomic E-state index is 10.9. The summed E-state index contributed by atoms with van der Waals surface area (Å²) in [6.07, 6.45) is 1.76. The van der Waals surface area contributed by atoms with E-state index in [9.17, 15) is 10.1 Å². The summed E-state index contributed by atoms with van der Waals surface area (Å²) < 4.78 is 0. The predicted octanol–water partition coefficient (Wildman–Crippen LogP) is 1.20. The third-order valence-corrected chi connectivity index (χ3v) is 2.20. The zero-order valence-electron chi connectivity index (χ0n) is 8.80. The van der Waals surface area contributed by atoms with Gasteiger partial charge in [-0.05, 0) is 6.07 Å². The summed E-state index contributed by atoms with van der Waals surface area (Å²) in [7, 11) is 0. The number of nitrogens with zero attached hydrogens (tertiary/aromatic N) is 2. The Kier molecular flexibility index (Phi) is 3.03. The van der Waals surface area contributed by atoms with Gasteiger partial charge in [-0.3, -0.25) is 15.2 Å². The number of nitro groups is 1. The van der Waals surface area contributed by atoms with E-state index in [4.69, 9.17) is 5.11 Å². The lowest BCUT2D eigenvalue weighted by Gasteiger charge is -1.95. The van der Waals surface area contributed by atoms with Gasteiger partial charge in [-0.1, -0.05) is 11.8 Å². The van der Waals surface area contributed by atoms with Gasteiger partial charge in [-0.2, -0.15) is 5.10 Å². The molecule has 0 radical (unpaired) electrons. The zero-order chi connectivity index (χ0) is 12.3. The first kappa shape index (κ1) is 11.1. The molecule has 1 heterocycles. The molecule has 17 heavy (non-hydrogen) atoms. The Morgan fingerprint density at radius 1 is 1.53 bits per heavy atom. The molecule has 2 N–H and O–H groups in total. The van der Waals surface area contributed by atoms with Crippen LogP contribution in [0.5, 0.6) is 0 Å². The summed E-state index contributed by atoms with van der Waals surface area (Å²) in [6, 6.07) is 3.10. The van der Waals surface area contributed by atoms with Gasteiger partial charge in [0, 0.05) is 18.1 Å². The number of fused-ring (bicyclic) bond motifs is 1. The van der Waals surface area contributed by atoms with Crippen molar-refractivity contribution < 1.29 is 10.0 Å². The van der Waals surface area contributed by atoms with Crippen molar-refractivity contribution >= 4 is 16.6 Å². The van der Waals surface area contributed by atoms with Crippen LogP contribution in [0.2, 0.25) is 0 Å². The lowest BCUT2D eigenvalue weighted by molar-refractivity contribution is -0.383. The van der Waals surface area contributed by atoms with Crippen LogP contribution >= 0.6 is 0 Å². The fraction of sp³-hybridized carbons (Fsp3) is 0.182. The fourth-order valence-electron chi connectivity index (χ4n) is 1.48. The van der Waals surface area contributed by atoms with Crippen LogP contribution < -0.4 is 0 Å². The van der Waals surface area contributed by atoms with Crippen LogP contribution in [0, 0.1) is 22.0 Å². The lowest BCUT2D eigenvalue weighted by Crippen LogP contribution is -1.90. The lowest BCUT2D eigenvalue weighted by atomic mass is 10.1. The number of aliphatic hydroxyl groups excluding tert-OH is 1. The largest absolute Gasteiger partial charge is 0.395 e. The van der Waals surface area contributed by atoms with Gasteiger partial charge in [0.2, 0.25) is 0 Å². The van der Waals surface area contributed by atoms with E-state index in [-0.39, 0.29) is 12.3 Å². The Labute approximate surface area is 96.4 Å². The van der Waals surface area contributed by atoms with Crippen molar-refractivity contribution in [1.29, 1.82) is 0 Å². The first-order valence-electron chi connectivity index (χ1n) is 4.93. The maximum absolute atomic E-state index is 10.9. The molecule has 1 aromatic carbocycles. The average Bonchev–Trinajstić information content (AvgIpc) is 2.76. The molecule has 0 fully saturated rings. The third-order valence-electron chi connectivity index (χ3n) is 2.20. The van der Waals surface area contributed by atoms with Gasteiger partial charge < -0.3 is 5.11 Å². The molecular formula is C11H9N3O3. The van der Waals surface area contributed by atoms with Crippen molar-refractivity contribution in [2.24, 2.45) is 0 Å². The Bertz CT molecular complexity index is 622. The van der Waals surface area contributed by atoms with Gasteiger partial charge in [0.05, 0.1) is 28.6 Å².